The number of esters is 3. The van der Waals surface area contributed by atoms with Crippen LogP contribution in [-0.2, 0) is 42.2 Å². The largest absolute Gasteiger partial charge is 0.472 e. The fourth-order valence-corrected chi connectivity index (χ4v) is 9.27. The van der Waals surface area contributed by atoms with E-state index in [9.17, 15) is 28.9 Å². The smallest absolute Gasteiger partial charge is 0.461 e. The molecule has 0 saturated carbocycles. The molecule has 12 heteroatoms. The zero-order valence-electron chi connectivity index (χ0n) is 48.7. The van der Waals surface area contributed by atoms with Gasteiger partial charge in [0.1, 0.15) is 12.7 Å². The van der Waals surface area contributed by atoms with E-state index in [2.05, 4.69) is 75.5 Å². The van der Waals surface area contributed by atoms with Crippen LogP contribution in [0.5, 0.6) is 0 Å². The van der Waals surface area contributed by atoms with E-state index >= 15 is 0 Å². The first-order chi connectivity index (χ1) is 37.2. The third-order valence-electron chi connectivity index (χ3n) is 13.1. The maximum atomic E-state index is 12.9. The van der Waals surface area contributed by atoms with E-state index in [1.807, 2.05) is 12.2 Å². The Balaban J connectivity index is 4.77. The molecule has 3 unspecified atom stereocenters. The van der Waals surface area contributed by atoms with Crippen LogP contribution in [0.25, 0.3) is 0 Å². The van der Waals surface area contributed by atoms with Gasteiger partial charge in [-0.15, -0.1) is 0 Å². The van der Waals surface area contributed by atoms with Gasteiger partial charge >= 0.3 is 25.7 Å². The van der Waals surface area contributed by atoms with Crippen LogP contribution >= 0.6 is 7.82 Å². The number of rotatable bonds is 57. The van der Waals surface area contributed by atoms with Crippen molar-refractivity contribution in [2.75, 3.05) is 26.4 Å². The first-order valence-electron chi connectivity index (χ1n) is 30.8. The number of unbranched alkanes of at least 4 members (excludes halogenated alkanes) is 29. The average molecular weight is 1090 g/mol. The van der Waals surface area contributed by atoms with E-state index in [0.717, 1.165) is 83.5 Å². The fourth-order valence-electron chi connectivity index (χ4n) is 8.48. The maximum Gasteiger partial charge on any atom is 0.472 e. The lowest BCUT2D eigenvalue weighted by Crippen LogP contribution is -2.30. The average Bonchev–Trinajstić information content (AvgIpc) is 3.41. The molecule has 0 bridgehead atoms. The Morgan fingerprint density at radius 1 is 0.395 bits per heavy atom. The lowest BCUT2D eigenvalue weighted by atomic mass is 10.0. The molecule has 0 amide bonds. The number of carbonyl (C=O) groups is 3. The number of phosphoric ester groups is 1. The molecule has 0 fully saturated rings. The molecule has 76 heavy (non-hydrogen) atoms. The summed E-state index contributed by atoms with van der Waals surface area (Å²) in [5, 5.41) is 9.83. The monoisotopic (exact) mass is 1090 g/mol. The third kappa shape index (κ3) is 55.7. The molecule has 440 valence electrons. The van der Waals surface area contributed by atoms with Gasteiger partial charge in [0.2, 0.25) is 0 Å². The first-order valence-corrected chi connectivity index (χ1v) is 32.3. The number of carbonyl (C=O) groups excluding carboxylic acids is 3. The van der Waals surface area contributed by atoms with E-state index in [4.69, 9.17) is 23.3 Å². The highest BCUT2D eigenvalue weighted by atomic mass is 31.2. The first kappa shape index (κ1) is 72.9. The Bertz CT molecular complexity index is 1550. The number of phosphoric acid groups is 1. The number of allylic oxidation sites excluding steroid dienone is 11. The number of ether oxygens (including phenoxy) is 3. The molecule has 0 saturated heterocycles. The van der Waals surface area contributed by atoms with Gasteiger partial charge in [0.25, 0.3) is 0 Å². The molecule has 0 aliphatic rings. The summed E-state index contributed by atoms with van der Waals surface area (Å²) in [6.07, 6.45) is 66.0. The van der Waals surface area contributed by atoms with E-state index in [-0.39, 0.29) is 25.9 Å². The standard InChI is InChI=1S/C64H113O11P/c1-4-7-10-13-16-19-22-25-28-29-30-31-34-37-40-43-46-49-52-55-64(68)75-61(57-71-62(66)53-50-47-44-41-38-35-32-26-23-20-17-14-11-8-5-2)59-73-76(69,70)72-58-60(56-65)74-63(67)54-51-48-45-42-39-36-33-27-24-21-18-15-12-9-6-3/h8,11,17,20,26-27,32-33,38,41,47,50,60-61,65H,4-7,9-10,12-16,18-19,21-25,28-31,34-37,39-40,42-46,48-49,51-59H2,1-3H3,(H,69,70)/b11-8-,20-17-,32-26-,33-27-,41-38-,50-47-. The molecule has 0 aliphatic carbocycles. The maximum absolute atomic E-state index is 12.9. The van der Waals surface area contributed by atoms with Gasteiger partial charge in [-0.25, -0.2) is 4.57 Å². The molecular formula is C64H113O11P. The second-order valence-corrected chi connectivity index (χ2v) is 22.0. The molecule has 0 aliphatic heterocycles. The summed E-state index contributed by atoms with van der Waals surface area (Å²) in [6.45, 7) is 4.45. The molecule has 0 aromatic heterocycles. The minimum atomic E-state index is -4.77. The lowest BCUT2D eigenvalue weighted by molar-refractivity contribution is -0.161. The molecule has 3 atom stereocenters. The molecule has 2 N–H and O–H groups in total. The van der Waals surface area contributed by atoms with Crippen molar-refractivity contribution in [2.24, 2.45) is 0 Å². The SMILES string of the molecule is CC/C=C\C/C=C\C/C=C\C/C=C\C/C=C\CC(=O)OCC(COP(=O)(O)OCC(CO)OC(=O)CCCCCCC/C=C\CCCCCCCC)OC(=O)CCCCCCCCCCCCCCCCCCCCC. The van der Waals surface area contributed by atoms with Crippen LogP contribution in [0.2, 0.25) is 0 Å². The van der Waals surface area contributed by atoms with Crippen LogP contribution in [-0.4, -0.2) is 66.5 Å². The van der Waals surface area contributed by atoms with Gasteiger partial charge in [-0.05, 0) is 70.6 Å². The van der Waals surface area contributed by atoms with E-state index in [1.54, 1.807) is 6.08 Å². The Morgan fingerprint density at radius 2 is 0.724 bits per heavy atom. The molecule has 11 nitrogen and oxygen atoms in total. The molecule has 0 rings (SSSR count). The molecule has 0 aromatic rings. The van der Waals surface area contributed by atoms with E-state index in [1.165, 1.54) is 135 Å². The minimum Gasteiger partial charge on any atom is -0.461 e. The Kier molecular flexibility index (Phi) is 55.7. The van der Waals surface area contributed by atoms with Gasteiger partial charge < -0.3 is 24.2 Å². The van der Waals surface area contributed by atoms with Crippen molar-refractivity contribution >= 4 is 25.7 Å². The van der Waals surface area contributed by atoms with Gasteiger partial charge in [0.15, 0.2) is 6.10 Å². The number of aliphatic hydroxyl groups excluding tert-OH is 1. The Labute approximate surface area is 465 Å². The summed E-state index contributed by atoms with van der Waals surface area (Å²) < 4.78 is 39.5. The van der Waals surface area contributed by atoms with Gasteiger partial charge in [-0.1, -0.05) is 261 Å². The van der Waals surface area contributed by atoms with Gasteiger partial charge in [0.05, 0.1) is 26.2 Å². The zero-order valence-corrected chi connectivity index (χ0v) is 49.6. The van der Waals surface area contributed by atoms with Gasteiger partial charge in [-0.3, -0.25) is 23.4 Å². The molecule has 0 heterocycles. The summed E-state index contributed by atoms with van der Waals surface area (Å²) in [7, 11) is -4.77. The normalized spacial score (nSPS) is 13.8. The predicted molar refractivity (Wildman–Crippen MR) is 316 cm³/mol. The number of hydrogen-bond acceptors (Lipinski definition) is 10. The third-order valence-corrected chi connectivity index (χ3v) is 14.1. The quantitative estimate of drug-likeness (QED) is 0.0197. The second kappa shape index (κ2) is 58.1. The molecule has 0 aromatic carbocycles. The van der Waals surface area contributed by atoms with Crippen LogP contribution in [0, 0.1) is 0 Å². The van der Waals surface area contributed by atoms with Crippen LogP contribution in [0.15, 0.2) is 72.9 Å². The van der Waals surface area contributed by atoms with Crippen molar-refractivity contribution in [3.8, 4) is 0 Å². The Hall–Kier alpha value is -3.08. The van der Waals surface area contributed by atoms with Crippen molar-refractivity contribution in [2.45, 2.75) is 290 Å². The minimum absolute atomic E-state index is 0.00543. The van der Waals surface area contributed by atoms with Crippen molar-refractivity contribution in [1.82, 2.24) is 0 Å². The highest BCUT2D eigenvalue weighted by molar-refractivity contribution is 7.47. The van der Waals surface area contributed by atoms with Gasteiger partial charge in [-0.2, -0.15) is 0 Å². The van der Waals surface area contributed by atoms with Crippen LogP contribution in [0.3, 0.4) is 0 Å². The summed E-state index contributed by atoms with van der Waals surface area (Å²) in [6, 6.07) is 0. The molecule has 0 radical (unpaired) electrons. The number of aliphatic hydroxyl groups is 1. The summed E-state index contributed by atoms with van der Waals surface area (Å²) in [5.41, 5.74) is 0. The van der Waals surface area contributed by atoms with Crippen molar-refractivity contribution in [1.29, 1.82) is 0 Å². The lowest BCUT2D eigenvalue weighted by Gasteiger charge is -2.21. The summed E-state index contributed by atoms with van der Waals surface area (Å²) in [4.78, 5) is 48.6. The molecule has 0 spiro atoms. The number of hydrogen-bond donors (Lipinski definition) is 2. The van der Waals surface area contributed by atoms with Crippen LogP contribution < -0.4 is 0 Å². The van der Waals surface area contributed by atoms with Crippen molar-refractivity contribution in [3.05, 3.63) is 72.9 Å². The topological polar surface area (TPSA) is 155 Å². The highest BCUT2D eigenvalue weighted by Crippen LogP contribution is 2.43. The summed E-state index contributed by atoms with van der Waals surface area (Å²) >= 11 is 0. The zero-order chi connectivity index (χ0) is 55.5. The Morgan fingerprint density at radius 3 is 1.11 bits per heavy atom. The van der Waals surface area contributed by atoms with Crippen molar-refractivity contribution < 1.29 is 52.2 Å². The molecular weight excluding hydrogens is 976 g/mol. The van der Waals surface area contributed by atoms with E-state index in [0.29, 0.717) is 19.3 Å². The van der Waals surface area contributed by atoms with Crippen LogP contribution in [0.4, 0.5) is 0 Å². The van der Waals surface area contributed by atoms with Gasteiger partial charge in [0, 0.05) is 12.8 Å². The fraction of sp³-hybridized carbons (Fsp3) is 0.766. The summed E-state index contributed by atoms with van der Waals surface area (Å²) in [5.74, 6) is -1.61. The van der Waals surface area contributed by atoms with Crippen LogP contribution in [0.1, 0.15) is 278 Å². The predicted octanol–water partition coefficient (Wildman–Crippen LogP) is 18.5. The second-order valence-electron chi connectivity index (χ2n) is 20.5. The van der Waals surface area contributed by atoms with E-state index < -0.39 is 57.8 Å². The highest BCUT2D eigenvalue weighted by Gasteiger charge is 2.28. The van der Waals surface area contributed by atoms with Crippen molar-refractivity contribution in [3.63, 3.8) is 0 Å².